The monoisotopic (exact) mass is 550 g/mol. The normalized spacial score (nSPS) is 13.3. The lowest BCUT2D eigenvalue weighted by molar-refractivity contribution is 0.0497. The summed E-state index contributed by atoms with van der Waals surface area (Å²) in [5.41, 5.74) is 0.905. The van der Waals surface area contributed by atoms with Crippen LogP contribution in [0.15, 0.2) is 48.5 Å². The van der Waals surface area contributed by atoms with E-state index in [0.29, 0.717) is 30.1 Å². The fraction of sp³-hybridized carbons (Fsp3) is 0.600. The molecule has 5 heteroatoms. The summed E-state index contributed by atoms with van der Waals surface area (Å²) in [6.07, 6.45) is 21.7. The van der Waals surface area contributed by atoms with E-state index in [2.05, 4.69) is 6.92 Å². The lowest BCUT2D eigenvalue weighted by Gasteiger charge is -2.09. The van der Waals surface area contributed by atoms with Crippen LogP contribution in [0.4, 0.5) is 0 Å². The van der Waals surface area contributed by atoms with Gasteiger partial charge in [0.1, 0.15) is 11.5 Å². The van der Waals surface area contributed by atoms with Crippen LogP contribution in [0.3, 0.4) is 0 Å². The lowest BCUT2D eigenvalue weighted by Crippen LogP contribution is -2.09. The zero-order valence-corrected chi connectivity index (χ0v) is 24.7. The van der Waals surface area contributed by atoms with Gasteiger partial charge in [-0.2, -0.15) is 0 Å². The molecule has 0 atom stereocenters. The number of hydrogen-bond donors (Lipinski definition) is 0. The van der Waals surface area contributed by atoms with E-state index in [0.717, 1.165) is 30.9 Å². The number of esters is 2. The standard InChI is InChI=1S/C35H50O5/c1-2-3-4-5-9-14-27-38-32-23-19-31(20-24-32)35(37)40-33-25-21-30(22-26-33)34(36)39-28-15-10-7-6-8-11-16-29-17-12-13-18-29/h19-26,29H,2-18,27-28H2,1H3. The van der Waals surface area contributed by atoms with E-state index in [1.54, 1.807) is 48.5 Å². The molecule has 1 fully saturated rings. The topological polar surface area (TPSA) is 61.8 Å². The molecule has 220 valence electrons. The van der Waals surface area contributed by atoms with Crippen molar-refractivity contribution >= 4 is 11.9 Å². The maximum absolute atomic E-state index is 12.5. The predicted octanol–water partition coefficient (Wildman–Crippen LogP) is 9.72. The largest absolute Gasteiger partial charge is 0.494 e. The molecule has 1 aliphatic rings. The summed E-state index contributed by atoms with van der Waals surface area (Å²) in [6.45, 7) is 3.35. The SMILES string of the molecule is CCCCCCCCOc1ccc(C(=O)Oc2ccc(C(=O)OCCCCCCCCC3CCCC3)cc2)cc1. The summed E-state index contributed by atoms with van der Waals surface area (Å²) >= 11 is 0. The first-order chi connectivity index (χ1) is 19.7. The Morgan fingerprint density at radius 2 is 1.15 bits per heavy atom. The highest BCUT2D eigenvalue weighted by Gasteiger charge is 2.14. The molecule has 0 aliphatic heterocycles. The Morgan fingerprint density at radius 1 is 0.625 bits per heavy atom. The van der Waals surface area contributed by atoms with Crippen molar-refractivity contribution in [3.8, 4) is 11.5 Å². The fourth-order valence-electron chi connectivity index (χ4n) is 5.37. The van der Waals surface area contributed by atoms with E-state index in [4.69, 9.17) is 14.2 Å². The minimum Gasteiger partial charge on any atom is -0.494 e. The molecule has 3 rings (SSSR count). The third kappa shape index (κ3) is 12.6. The highest BCUT2D eigenvalue weighted by Crippen LogP contribution is 2.29. The van der Waals surface area contributed by atoms with Crippen LogP contribution in [0.2, 0.25) is 0 Å². The average Bonchev–Trinajstić information content (AvgIpc) is 3.50. The second-order valence-electron chi connectivity index (χ2n) is 11.3. The van der Waals surface area contributed by atoms with Crippen molar-refractivity contribution in [2.24, 2.45) is 5.92 Å². The number of benzene rings is 2. The van der Waals surface area contributed by atoms with Gasteiger partial charge < -0.3 is 14.2 Å². The number of hydrogen-bond acceptors (Lipinski definition) is 5. The summed E-state index contributed by atoms with van der Waals surface area (Å²) in [5.74, 6) is 1.35. The van der Waals surface area contributed by atoms with Crippen molar-refractivity contribution in [3.05, 3.63) is 59.7 Å². The Bertz CT molecular complexity index is 960. The molecule has 1 saturated carbocycles. The number of ether oxygens (including phenoxy) is 3. The van der Waals surface area contributed by atoms with Gasteiger partial charge in [0, 0.05) is 0 Å². The molecular weight excluding hydrogens is 500 g/mol. The summed E-state index contributed by atoms with van der Waals surface area (Å²) in [5, 5.41) is 0. The minimum atomic E-state index is -0.448. The second kappa shape index (κ2) is 19.3. The highest BCUT2D eigenvalue weighted by atomic mass is 16.5. The Balaban J connectivity index is 1.25. The first-order valence-electron chi connectivity index (χ1n) is 15.9. The van der Waals surface area contributed by atoms with Crippen molar-refractivity contribution in [1.82, 2.24) is 0 Å². The van der Waals surface area contributed by atoms with Gasteiger partial charge in [-0.25, -0.2) is 9.59 Å². The third-order valence-corrected chi connectivity index (χ3v) is 7.87. The molecule has 0 radical (unpaired) electrons. The van der Waals surface area contributed by atoms with Crippen LogP contribution in [0.25, 0.3) is 0 Å². The molecule has 5 nitrogen and oxygen atoms in total. The molecular formula is C35H50O5. The summed E-state index contributed by atoms with van der Waals surface area (Å²) in [4.78, 5) is 24.9. The van der Waals surface area contributed by atoms with Crippen LogP contribution >= 0.6 is 0 Å². The van der Waals surface area contributed by atoms with Crippen LogP contribution in [0.1, 0.15) is 137 Å². The molecule has 0 N–H and O–H groups in total. The van der Waals surface area contributed by atoms with Crippen molar-refractivity contribution in [2.45, 2.75) is 116 Å². The van der Waals surface area contributed by atoms with Gasteiger partial charge >= 0.3 is 11.9 Å². The van der Waals surface area contributed by atoms with Crippen molar-refractivity contribution in [1.29, 1.82) is 0 Å². The van der Waals surface area contributed by atoms with E-state index in [1.165, 1.54) is 89.9 Å². The molecule has 40 heavy (non-hydrogen) atoms. The molecule has 2 aromatic carbocycles. The van der Waals surface area contributed by atoms with Crippen LogP contribution in [-0.2, 0) is 4.74 Å². The van der Waals surface area contributed by atoms with Gasteiger partial charge in [-0.1, -0.05) is 103 Å². The number of rotatable bonds is 20. The van der Waals surface area contributed by atoms with Crippen LogP contribution in [-0.4, -0.2) is 25.2 Å². The summed E-state index contributed by atoms with van der Waals surface area (Å²) in [6, 6.07) is 13.5. The first-order valence-corrected chi connectivity index (χ1v) is 15.9. The van der Waals surface area contributed by atoms with Crippen LogP contribution < -0.4 is 9.47 Å². The van der Waals surface area contributed by atoms with Crippen molar-refractivity contribution in [2.75, 3.05) is 13.2 Å². The molecule has 0 aromatic heterocycles. The summed E-state index contributed by atoms with van der Waals surface area (Å²) in [7, 11) is 0. The van der Waals surface area contributed by atoms with E-state index in [-0.39, 0.29) is 5.97 Å². The first kappa shape index (κ1) is 31.7. The van der Waals surface area contributed by atoms with Crippen LogP contribution in [0.5, 0.6) is 11.5 Å². The van der Waals surface area contributed by atoms with Crippen molar-refractivity contribution < 1.29 is 23.8 Å². The molecule has 0 heterocycles. The Morgan fingerprint density at radius 3 is 1.80 bits per heavy atom. The molecule has 0 saturated heterocycles. The van der Waals surface area contributed by atoms with E-state index in [1.807, 2.05) is 0 Å². The third-order valence-electron chi connectivity index (χ3n) is 7.87. The summed E-state index contributed by atoms with van der Waals surface area (Å²) < 4.78 is 16.7. The van der Waals surface area contributed by atoms with Gasteiger partial charge in [0.2, 0.25) is 0 Å². The lowest BCUT2D eigenvalue weighted by atomic mass is 9.99. The van der Waals surface area contributed by atoms with Gasteiger partial charge in [-0.05, 0) is 67.3 Å². The van der Waals surface area contributed by atoms with Gasteiger partial charge in [0.25, 0.3) is 0 Å². The molecule has 2 aromatic rings. The van der Waals surface area contributed by atoms with Gasteiger partial charge in [0.05, 0.1) is 24.3 Å². The van der Waals surface area contributed by atoms with Crippen molar-refractivity contribution in [3.63, 3.8) is 0 Å². The molecule has 0 bridgehead atoms. The van der Waals surface area contributed by atoms with E-state index >= 15 is 0 Å². The Kier molecular flexibility index (Phi) is 15.3. The highest BCUT2D eigenvalue weighted by molar-refractivity contribution is 5.92. The molecule has 1 aliphatic carbocycles. The zero-order chi connectivity index (χ0) is 28.3. The Labute approximate surface area is 242 Å². The average molecular weight is 551 g/mol. The maximum atomic E-state index is 12.5. The molecule has 0 unspecified atom stereocenters. The number of carbonyl (C=O) groups excluding carboxylic acids is 2. The maximum Gasteiger partial charge on any atom is 0.343 e. The van der Waals surface area contributed by atoms with Gasteiger partial charge in [-0.3, -0.25) is 0 Å². The second-order valence-corrected chi connectivity index (χ2v) is 11.3. The van der Waals surface area contributed by atoms with Gasteiger partial charge in [0.15, 0.2) is 0 Å². The van der Waals surface area contributed by atoms with Crippen LogP contribution in [0, 0.1) is 5.92 Å². The molecule has 0 amide bonds. The molecule has 0 spiro atoms. The minimum absolute atomic E-state index is 0.342. The number of carbonyl (C=O) groups is 2. The quantitative estimate of drug-likeness (QED) is 0.0933. The van der Waals surface area contributed by atoms with E-state index in [9.17, 15) is 9.59 Å². The smallest absolute Gasteiger partial charge is 0.343 e. The predicted molar refractivity (Wildman–Crippen MR) is 161 cm³/mol. The van der Waals surface area contributed by atoms with E-state index < -0.39 is 5.97 Å². The Hall–Kier alpha value is -2.82. The number of unbranched alkanes of at least 4 members (excludes halogenated alkanes) is 10. The van der Waals surface area contributed by atoms with Gasteiger partial charge in [-0.15, -0.1) is 0 Å². The zero-order valence-electron chi connectivity index (χ0n) is 24.7. The fourth-order valence-corrected chi connectivity index (χ4v) is 5.37.